The van der Waals surface area contributed by atoms with E-state index in [0.29, 0.717) is 16.9 Å². The summed E-state index contributed by atoms with van der Waals surface area (Å²) in [6.45, 7) is -0.690. The fraction of sp³-hybridized carbons (Fsp3) is 0.545. The maximum absolute atomic E-state index is 9.99. The molecule has 0 amide bonds. The average Bonchev–Trinajstić information content (AvgIpc) is 3.01. The highest BCUT2D eigenvalue weighted by Crippen LogP contribution is 2.31. The van der Waals surface area contributed by atoms with Gasteiger partial charge in [-0.05, 0) is 0 Å². The molecule has 0 radical (unpaired) electrons. The van der Waals surface area contributed by atoms with Crippen LogP contribution in [0.2, 0.25) is 0 Å². The Morgan fingerprint density at radius 1 is 1.15 bits per heavy atom. The second kappa shape index (κ2) is 5.04. The van der Waals surface area contributed by atoms with E-state index in [1.165, 1.54) is 17.2 Å². The van der Waals surface area contributed by atoms with E-state index in [0.717, 1.165) is 0 Å². The summed E-state index contributed by atoms with van der Waals surface area (Å²) in [4.78, 5) is 12.0. The van der Waals surface area contributed by atoms with Crippen LogP contribution in [0.15, 0.2) is 12.7 Å². The standard InChI is InChI=1S/C11H14N4O5/c16-1-5-7-10(13-3-12-5)15(4-14-7)11-9(19)8(18)6(2-17)20-11/h3-4,6,8-9,11,16-19H,1-2H2/t6-,8-,9-,11-/m1/s1. The molecule has 0 aliphatic carbocycles. The minimum Gasteiger partial charge on any atom is -0.394 e. The summed E-state index contributed by atoms with van der Waals surface area (Å²) in [6.07, 6.45) is -1.52. The van der Waals surface area contributed by atoms with Crippen LogP contribution in [0.5, 0.6) is 0 Å². The van der Waals surface area contributed by atoms with E-state index in [-0.39, 0.29) is 6.61 Å². The third kappa shape index (κ3) is 1.87. The Kier molecular flexibility index (Phi) is 3.36. The monoisotopic (exact) mass is 282 g/mol. The topological polar surface area (TPSA) is 134 Å². The van der Waals surface area contributed by atoms with E-state index in [9.17, 15) is 15.3 Å². The van der Waals surface area contributed by atoms with Crippen LogP contribution < -0.4 is 0 Å². The number of fused-ring (bicyclic) bond motifs is 1. The number of nitrogens with zero attached hydrogens (tertiary/aromatic N) is 4. The molecule has 1 saturated heterocycles. The average molecular weight is 282 g/mol. The third-order valence-electron chi connectivity index (χ3n) is 3.38. The van der Waals surface area contributed by atoms with Gasteiger partial charge in [-0.2, -0.15) is 0 Å². The molecule has 0 saturated carbocycles. The van der Waals surface area contributed by atoms with Crippen LogP contribution in [-0.4, -0.2) is 64.9 Å². The van der Waals surface area contributed by atoms with Gasteiger partial charge >= 0.3 is 0 Å². The number of imidazole rings is 1. The number of aliphatic hydroxyl groups is 4. The second-order valence-electron chi connectivity index (χ2n) is 4.53. The minimum absolute atomic E-state index is 0.286. The van der Waals surface area contributed by atoms with E-state index < -0.39 is 31.1 Å². The highest BCUT2D eigenvalue weighted by Gasteiger charge is 2.43. The molecule has 1 aliphatic heterocycles. The number of hydrogen-bond donors (Lipinski definition) is 4. The molecule has 108 valence electrons. The molecule has 0 aromatic carbocycles. The first-order chi connectivity index (χ1) is 9.67. The quantitative estimate of drug-likeness (QED) is 0.504. The van der Waals surface area contributed by atoms with Crippen LogP contribution in [-0.2, 0) is 11.3 Å². The first kappa shape index (κ1) is 13.3. The zero-order chi connectivity index (χ0) is 14.3. The first-order valence-electron chi connectivity index (χ1n) is 6.07. The Morgan fingerprint density at radius 3 is 2.60 bits per heavy atom. The molecular weight excluding hydrogens is 268 g/mol. The number of aliphatic hydroxyl groups excluding tert-OH is 4. The number of aromatic nitrogens is 4. The van der Waals surface area contributed by atoms with Gasteiger partial charge in [0, 0.05) is 0 Å². The van der Waals surface area contributed by atoms with Crippen LogP contribution in [0.4, 0.5) is 0 Å². The molecule has 3 heterocycles. The van der Waals surface area contributed by atoms with Crippen LogP contribution in [0.3, 0.4) is 0 Å². The van der Waals surface area contributed by atoms with Crippen molar-refractivity contribution < 1.29 is 25.2 Å². The lowest BCUT2D eigenvalue weighted by Crippen LogP contribution is -2.33. The van der Waals surface area contributed by atoms with E-state index in [4.69, 9.17) is 9.84 Å². The first-order valence-corrected chi connectivity index (χ1v) is 6.07. The molecule has 3 rings (SSSR count). The van der Waals surface area contributed by atoms with Crippen molar-refractivity contribution in [3.8, 4) is 0 Å². The summed E-state index contributed by atoms with van der Waals surface area (Å²) < 4.78 is 6.86. The predicted octanol–water partition coefficient (Wildman–Crippen LogP) is -2.07. The van der Waals surface area contributed by atoms with Crippen LogP contribution >= 0.6 is 0 Å². The van der Waals surface area contributed by atoms with E-state index >= 15 is 0 Å². The Labute approximate surface area is 113 Å². The molecule has 0 bridgehead atoms. The van der Waals surface area contributed by atoms with Gasteiger partial charge in [0.2, 0.25) is 0 Å². The van der Waals surface area contributed by atoms with Crippen molar-refractivity contribution in [3.05, 3.63) is 18.3 Å². The summed E-state index contributed by atoms with van der Waals surface area (Å²) in [5.74, 6) is 0. The molecule has 2 aromatic rings. The van der Waals surface area contributed by atoms with Crippen molar-refractivity contribution in [3.63, 3.8) is 0 Å². The summed E-state index contributed by atoms with van der Waals surface area (Å²) in [5.41, 5.74) is 1.13. The van der Waals surface area contributed by atoms with Crippen LogP contribution in [0.25, 0.3) is 11.2 Å². The highest BCUT2D eigenvalue weighted by atomic mass is 16.6. The smallest absolute Gasteiger partial charge is 0.165 e. The molecule has 0 spiro atoms. The molecule has 2 aromatic heterocycles. The third-order valence-corrected chi connectivity index (χ3v) is 3.38. The Morgan fingerprint density at radius 2 is 1.95 bits per heavy atom. The van der Waals surface area contributed by atoms with Gasteiger partial charge in [-0.1, -0.05) is 0 Å². The maximum Gasteiger partial charge on any atom is 0.165 e. The van der Waals surface area contributed by atoms with Gasteiger partial charge in [0.05, 0.1) is 25.2 Å². The second-order valence-corrected chi connectivity index (χ2v) is 4.53. The molecule has 0 unspecified atom stereocenters. The van der Waals surface area contributed by atoms with Crippen LogP contribution in [0.1, 0.15) is 11.9 Å². The normalized spacial score (nSPS) is 30.2. The fourth-order valence-electron chi connectivity index (χ4n) is 2.31. The minimum atomic E-state index is -1.21. The Balaban J connectivity index is 2.03. The summed E-state index contributed by atoms with van der Waals surface area (Å²) in [5, 5.41) is 38.0. The largest absolute Gasteiger partial charge is 0.394 e. The summed E-state index contributed by atoms with van der Waals surface area (Å²) >= 11 is 0. The molecular formula is C11H14N4O5. The highest BCUT2D eigenvalue weighted by molar-refractivity contribution is 5.73. The number of hydrogen-bond acceptors (Lipinski definition) is 8. The van der Waals surface area contributed by atoms with Gasteiger partial charge in [0.15, 0.2) is 11.9 Å². The Bertz CT molecular complexity index is 618. The molecule has 1 aliphatic rings. The van der Waals surface area contributed by atoms with Crippen molar-refractivity contribution in [2.75, 3.05) is 6.61 Å². The molecule has 9 heteroatoms. The van der Waals surface area contributed by atoms with Gasteiger partial charge in [0.1, 0.15) is 30.2 Å². The van der Waals surface area contributed by atoms with Gasteiger partial charge in [0.25, 0.3) is 0 Å². The van der Waals surface area contributed by atoms with Crippen molar-refractivity contribution >= 4 is 11.2 Å². The van der Waals surface area contributed by atoms with Crippen molar-refractivity contribution in [1.82, 2.24) is 19.5 Å². The molecule has 9 nitrogen and oxygen atoms in total. The van der Waals surface area contributed by atoms with Gasteiger partial charge in [-0.15, -0.1) is 0 Å². The Hall–Kier alpha value is -1.65. The van der Waals surface area contributed by atoms with Gasteiger partial charge in [-0.25, -0.2) is 15.0 Å². The zero-order valence-electron chi connectivity index (χ0n) is 10.4. The van der Waals surface area contributed by atoms with Crippen molar-refractivity contribution in [1.29, 1.82) is 0 Å². The van der Waals surface area contributed by atoms with E-state index in [1.54, 1.807) is 0 Å². The van der Waals surface area contributed by atoms with Crippen molar-refractivity contribution in [2.24, 2.45) is 0 Å². The van der Waals surface area contributed by atoms with Gasteiger partial charge < -0.3 is 25.2 Å². The predicted molar refractivity (Wildman–Crippen MR) is 64.3 cm³/mol. The summed E-state index contributed by atoms with van der Waals surface area (Å²) in [7, 11) is 0. The molecule has 1 fully saturated rings. The lowest BCUT2D eigenvalue weighted by molar-refractivity contribution is -0.0511. The van der Waals surface area contributed by atoms with E-state index in [1.807, 2.05) is 0 Å². The fourth-order valence-corrected chi connectivity index (χ4v) is 2.31. The lowest BCUT2D eigenvalue weighted by atomic mass is 10.1. The SMILES string of the molecule is OCc1ncnc2c1ncn2[C@@H]1O[C@H](CO)[C@@H](O)[C@H]1O. The summed E-state index contributed by atoms with van der Waals surface area (Å²) in [6, 6.07) is 0. The van der Waals surface area contributed by atoms with Crippen molar-refractivity contribution in [2.45, 2.75) is 31.1 Å². The van der Waals surface area contributed by atoms with Crippen LogP contribution in [0, 0.1) is 0 Å². The number of ether oxygens (including phenoxy) is 1. The molecule has 20 heavy (non-hydrogen) atoms. The van der Waals surface area contributed by atoms with E-state index in [2.05, 4.69) is 15.0 Å². The molecule has 4 N–H and O–H groups in total. The maximum atomic E-state index is 9.99. The number of rotatable bonds is 3. The zero-order valence-corrected chi connectivity index (χ0v) is 10.4. The van der Waals surface area contributed by atoms with Gasteiger partial charge in [-0.3, -0.25) is 4.57 Å². The molecule has 4 atom stereocenters. The lowest BCUT2D eigenvalue weighted by Gasteiger charge is -2.16.